The smallest absolute Gasteiger partial charge is 0.358 e. The van der Waals surface area contributed by atoms with Crippen molar-refractivity contribution in [2.45, 2.75) is 19.4 Å². The van der Waals surface area contributed by atoms with Crippen LogP contribution in [-0.4, -0.2) is 81.3 Å². The number of imide groups is 1. The number of carbonyl (C=O) groups is 2. The maximum absolute atomic E-state index is 13.8. The molecular weight excluding hydrogens is 504 g/mol. The van der Waals surface area contributed by atoms with E-state index in [2.05, 4.69) is 15.2 Å². The lowest BCUT2D eigenvalue weighted by Crippen LogP contribution is -2.53. The van der Waals surface area contributed by atoms with Gasteiger partial charge in [0.15, 0.2) is 11.6 Å². The number of benzene rings is 1. The monoisotopic (exact) mass is 531 g/mol. The summed E-state index contributed by atoms with van der Waals surface area (Å²) < 4.78 is 27.2. The highest BCUT2D eigenvalue weighted by Gasteiger charge is 2.36. The molecular formula is C24H27F2N7O5. The zero-order valence-corrected chi connectivity index (χ0v) is 20.6. The number of rotatable bonds is 7. The van der Waals surface area contributed by atoms with E-state index in [1.165, 1.54) is 18.2 Å². The Hall–Kier alpha value is -4.17. The van der Waals surface area contributed by atoms with E-state index >= 15 is 0 Å². The summed E-state index contributed by atoms with van der Waals surface area (Å²) in [5.74, 6) is -1.85. The fourth-order valence-electron chi connectivity index (χ4n) is 4.41. The predicted octanol–water partition coefficient (Wildman–Crippen LogP) is 3.26. The number of amides is 4. The Labute approximate surface area is 216 Å². The van der Waals surface area contributed by atoms with Gasteiger partial charge in [0.05, 0.1) is 12.6 Å². The molecule has 4 rings (SSSR count). The van der Waals surface area contributed by atoms with Crippen LogP contribution in [-0.2, 0) is 0 Å². The minimum atomic E-state index is -1.12. The number of nitro groups is 1. The Bertz CT molecular complexity index is 1250. The van der Waals surface area contributed by atoms with Crippen LogP contribution in [0.1, 0.15) is 24.9 Å². The molecule has 1 atom stereocenters. The summed E-state index contributed by atoms with van der Waals surface area (Å²) in [5, 5.41) is 24.3. The van der Waals surface area contributed by atoms with Gasteiger partial charge in [-0.2, -0.15) is 0 Å². The van der Waals surface area contributed by atoms with Crippen LogP contribution in [0.4, 0.5) is 30.0 Å². The molecule has 0 saturated carbocycles. The van der Waals surface area contributed by atoms with Gasteiger partial charge in [-0.15, -0.1) is 0 Å². The Morgan fingerprint density at radius 3 is 2.63 bits per heavy atom. The molecule has 0 bridgehead atoms. The second kappa shape index (κ2) is 11.5. The highest BCUT2D eigenvalue weighted by Crippen LogP contribution is 2.29. The molecule has 1 aromatic carbocycles. The molecule has 0 aliphatic carbocycles. The van der Waals surface area contributed by atoms with Crippen molar-refractivity contribution >= 4 is 23.7 Å². The lowest BCUT2D eigenvalue weighted by Gasteiger charge is -2.35. The molecule has 1 fully saturated rings. The molecule has 1 saturated heterocycles. The summed E-state index contributed by atoms with van der Waals surface area (Å²) in [4.78, 5) is 44.9. The van der Waals surface area contributed by atoms with Crippen LogP contribution in [0.3, 0.4) is 0 Å². The van der Waals surface area contributed by atoms with Gasteiger partial charge in [0.25, 0.3) is 0 Å². The average Bonchev–Trinajstić information content (AvgIpc) is 2.90. The Kier molecular flexibility index (Phi) is 8.12. The molecule has 2 aliphatic rings. The van der Waals surface area contributed by atoms with Crippen molar-refractivity contribution in [2.24, 2.45) is 0 Å². The number of hydrogen-bond donors (Lipinski definition) is 2. The highest BCUT2D eigenvalue weighted by molar-refractivity contribution is 5.95. The number of carbonyl (C=O) groups excluding carboxylic acids is 2. The first kappa shape index (κ1) is 26.9. The van der Waals surface area contributed by atoms with Gasteiger partial charge in [-0.25, -0.2) is 28.3 Å². The summed E-state index contributed by atoms with van der Waals surface area (Å²) in [7, 11) is 0. The second-order valence-electron chi connectivity index (χ2n) is 8.97. The number of pyridine rings is 1. The third-order valence-corrected chi connectivity index (χ3v) is 6.37. The second-order valence-corrected chi connectivity index (χ2v) is 8.97. The number of hydroxylamine groups is 2. The number of urea groups is 2. The normalized spacial score (nSPS) is 18.2. The zero-order valence-electron chi connectivity index (χ0n) is 20.6. The van der Waals surface area contributed by atoms with Crippen molar-refractivity contribution < 1.29 is 28.5 Å². The van der Waals surface area contributed by atoms with Crippen LogP contribution >= 0.6 is 0 Å². The molecule has 202 valence electrons. The number of piperazine rings is 1. The highest BCUT2D eigenvalue weighted by atomic mass is 19.2. The van der Waals surface area contributed by atoms with Crippen LogP contribution in [0.2, 0.25) is 0 Å². The van der Waals surface area contributed by atoms with E-state index in [1.807, 2.05) is 4.90 Å². The van der Waals surface area contributed by atoms with Crippen molar-refractivity contribution in [3.8, 4) is 0 Å². The van der Waals surface area contributed by atoms with Crippen molar-refractivity contribution in [1.29, 1.82) is 0 Å². The number of aromatic nitrogens is 1. The molecule has 4 amide bonds. The molecule has 14 heteroatoms. The standard InChI is InChI=1S/C24H27F2N7O5/c1-16-14-20(17-6-7-18(25)19(26)15-17)32(23(34)27-16)24(35)31(36)9-3-8-29-10-12-30(13-11-29)21-4-2-5-22(28-21)33(37)38/h2,4-7,14-15,20,36H,3,8-13H2,1H3,(H,27,34). The fraction of sp³-hybridized carbons (Fsp3) is 0.375. The van der Waals surface area contributed by atoms with Crippen molar-refractivity contribution in [2.75, 3.05) is 44.2 Å². The largest absolute Gasteiger partial charge is 0.365 e. The van der Waals surface area contributed by atoms with E-state index < -0.39 is 34.7 Å². The molecule has 0 spiro atoms. The van der Waals surface area contributed by atoms with Gasteiger partial charge in [0.1, 0.15) is 0 Å². The van der Waals surface area contributed by atoms with Crippen LogP contribution in [0, 0.1) is 21.7 Å². The van der Waals surface area contributed by atoms with Crippen molar-refractivity contribution in [3.05, 3.63) is 75.5 Å². The minimum Gasteiger partial charge on any atom is -0.358 e. The first-order valence-electron chi connectivity index (χ1n) is 12.0. The van der Waals surface area contributed by atoms with E-state index in [-0.39, 0.29) is 17.9 Å². The summed E-state index contributed by atoms with van der Waals surface area (Å²) >= 11 is 0. The lowest BCUT2D eigenvalue weighted by atomic mass is 10.0. The number of hydrogen-bond acceptors (Lipinski definition) is 8. The van der Waals surface area contributed by atoms with Crippen molar-refractivity contribution in [3.63, 3.8) is 0 Å². The van der Waals surface area contributed by atoms with Gasteiger partial charge in [0.2, 0.25) is 5.82 Å². The SMILES string of the molecule is CC1=CC(c2ccc(F)c(F)c2)N(C(=O)N(O)CCCN2CCN(c3cccc([N+](=O)[O-])n3)CC2)C(=O)N1. The van der Waals surface area contributed by atoms with Gasteiger partial charge in [0, 0.05) is 50.6 Å². The molecule has 2 aliphatic heterocycles. The zero-order chi connectivity index (χ0) is 27.4. The average molecular weight is 532 g/mol. The van der Waals surface area contributed by atoms with Crippen molar-refractivity contribution in [1.82, 2.24) is 25.2 Å². The summed E-state index contributed by atoms with van der Waals surface area (Å²) in [6.07, 6.45) is 1.91. The van der Waals surface area contributed by atoms with Crippen LogP contribution in [0.15, 0.2) is 48.2 Å². The topological polar surface area (TPSA) is 135 Å². The third-order valence-electron chi connectivity index (χ3n) is 6.37. The lowest BCUT2D eigenvalue weighted by molar-refractivity contribution is -0.389. The number of allylic oxidation sites excluding steroid dienone is 1. The molecule has 3 heterocycles. The molecule has 1 unspecified atom stereocenters. The van der Waals surface area contributed by atoms with E-state index in [0.717, 1.165) is 17.0 Å². The fourth-order valence-corrected chi connectivity index (χ4v) is 4.41. The Morgan fingerprint density at radius 1 is 1.21 bits per heavy atom. The third kappa shape index (κ3) is 6.03. The van der Waals surface area contributed by atoms with Crippen LogP contribution < -0.4 is 10.2 Å². The predicted molar refractivity (Wildman–Crippen MR) is 131 cm³/mol. The van der Waals surface area contributed by atoms with Gasteiger partial charge in [-0.3, -0.25) is 10.1 Å². The van der Waals surface area contributed by atoms with E-state index in [4.69, 9.17) is 0 Å². The van der Waals surface area contributed by atoms with E-state index in [1.54, 1.807) is 19.1 Å². The molecule has 2 aromatic rings. The van der Waals surface area contributed by atoms with E-state index in [0.29, 0.717) is 55.7 Å². The molecule has 38 heavy (non-hydrogen) atoms. The Morgan fingerprint density at radius 2 is 1.95 bits per heavy atom. The molecule has 0 radical (unpaired) electrons. The minimum absolute atomic E-state index is 0.0670. The first-order chi connectivity index (χ1) is 18.1. The first-order valence-corrected chi connectivity index (χ1v) is 12.0. The summed E-state index contributed by atoms with van der Waals surface area (Å²) in [6.45, 7) is 4.59. The number of halogens is 2. The summed E-state index contributed by atoms with van der Waals surface area (Å²) in [6, 6.07) is 4.92. The maximum atomic E-state index is 13.8. The van der Waals surface area contributed by atoms with Gasteiger partial charge < -0.3 is 20.3 Å². The van der Waals surface area contributed by atoms with Gasteiger partial charge in [-0.05, 0) is 53.1 Å². The quantitative estimate of drug-likeness (QED) is 0.316. The Balaban J connectivity index is 1.31. The molecule has 12 nitrogen and oxygen atoms in total. The number of nitrogens with zero attached hydrogens (tertiary/aromatic N) is 6. The van der Waals surface area contributed by atoms with E-state index in [9.17, 15) is 33.7 Å². The van der Waals surface area contributed by atoms with Crippen LogP contribution in [0.5, 0.6) is 0 Å². The van der Waals surface area contributed by atoms with Gasteiger partial charge in [-0.1, -0.05) is 6.07 Å². The maximum Gasteiger partial charge on any atom is 0.365 e. The number of nitrogens with one attached hydrogen (secondary N) is 1. The van der Waals surface area contributed by atoms with Crippen LogP contribution in [0.25, 0.3) is 0 Å². The summed E-state index contributed by atoms with van der Waals surface area (Å²) in [5.41, 5.74) is 0.605. The number of anilines is 1. The molecule has 2 N–H and O–H groups in total. The van der Waals surface area contributed by atoms with Gasteiger partial charge >= 0.3 is 17.9 Å². The molecule has 1 aromatic heterocycles.